The van der Waals surface area contributed by atoms with Gasteiger partial charge in [0.2, 0.25) is 18.3 Å². The van der Waals surface area contributed by atoms with Crippen LogP contribution in [0.15, 0.2) is 97.3 Å². The molecule has 0 aliphatic rings. The molecule has 3 heterocycles. The number of hydrogen-bond donors (Lipinski definition) is 1. The summed E-state index contributed by atoms with van der Waals surface area (Å²) >= 11 is 0. The average Bonchev–Trinajstić information content (AvgIpc) is 2.96. The third-order valence-electron chi connectivity index (χ3n) is 6.39. The van der Waals surface area contributed by atoms with E-state index >= 15 is 0 Å². The molecule has 3 aromatic heterocycles. The fourth-order valence-corrected chi connectivity index (χ4v) is 4.33. The minimum atomic E-state index is -0.979. The number of pyridine rings is 3. The second-order valence-corrected chi connectivity index (χ2v) is 9.02. The molecule has 39 heavy (non-hydrogen) atoms. The van der Waals surface area contributed by atoms with Crippen molar-refractivity contribution in [2.45, 2.75) is 13.5 Å². The number of hydrogen-bond acceptors (Lipinski definition) is 5. The Morgan fingerprint density at radius 1 is 0.846 bits per heavy atom. The van der Waals surface area contributed by atoms with Crippen LogP contribution in [-0.2, 0) is 6.61 Å². The zero-order valence-electron chi connectivity index (χ0n) is 20.8. The summed E-state index contributed by atoms with van der Waals surface area (Å²) in [6, 6.07) is 24.9. The van der Waals surface area contributed by atoms with Crippen molar-refractivity contribution in [2.75, 3.05) is 0 Å². The van der Waals surface area contributed by atoms with Crippen molar-refractivity contribution < 1.29 is 28.2 Å². The molecule has 0 spiro atoms. The van der Waals surface area contributed by atoms with Gasteiger partial charge in [-0.25, -0.2) is 18.7 Å². The van der Waals surface area contributed by atoms with Crippen LogP contribution in [0.1, 0.15) is 11.1 Å². The maximum atomic E-state index is 14.3. The summed E-state index contributed by atoms with van der Waals surface area (Å²) < 4.78 is 41.3. The lowest BCUT2D eigenvalue weighted by Crippen LogP contribution is -2.28. The molecule has 3 aromatic carbocycles. The van der Waals surface area contributed by atoms with Crippen LogP contribution < -0.4 is 14.2 Å². The zero-order valence-corrected chi connectivity index (χ0v) is 20.8. The smallest absolute Gasteiger partial charge is 0.235 e. The van der Waals surface area contributed by atoms with Gasteiger partial charge in [0.15, 0.2) is 11.6 Å². The molecule has 192 valence electrons. The third-order valence-corrected chi connectivity index (χ3v) is 6.39. The highest BCUT2D eigenvalue weighted by Crippen LogP contribution is 2.38. The lowest BCUT2D eigenvalue weighted by atomic mass is 10.1. The van der Waals surface area contributed by atoms with Crippen molar-refractivity contribution in [1.82, 2.24) is 9.97 Å². The van der Waals surface area contributed by atoms with Crippen LogP contribution in [-0.4, -0.2) is 15.2 Å². The summed E-state index contributed by atoms with van der Waals surface area (Å²) in [5.74, 6) is -1.13. The summed E-state index contributed by atoms with van der Waals surface area (Å²) in [6.07, 6.45) is 2.99. The van der Waals surface area contributed by atoms with Crippen molar-refractivity contribution in [3.8, 4) is 28.6 Å². The van der Waals surface area contributed by atoms with E-state index in [4.69, 9.17) is 19.4 Å². The molecule has 0 aliphatic heterocycles. The largest absolute Gasteiger partial charge is 0.488 e. The van der Waals surface area contributed by atoms with Gasteiger partial charge in [-0.2, -0.15) is 0 Å². The molecular formula is C31H22F2N3O3+. The molecule has 6 rings (SSSR count). The van der Waals surface area contributed by atoms with Gasteiger partial charge in [-0.05, 0) is 36.8 Å². The fraction of sp³-hybridized carbons (Fsp3) is 0.0645. The van der Waals surface area contributed by atoms with Gasteiger partial charge in [-0.3, -0.25) is 5.21 Å². The van der Waals surface area contributed by atoms with Crippen LogP contribution in [0.3, 0.4) is 0 Å². The summed E-state index contributed by atoms with van der Waals surface area (Å²) in [7, 11) is 0. The number of nitrogens with zero attached hydrogens (tertiary/aromatic N) is 3. The highest BCUT2D eigenvalue weighted by molar-refractivity contribution is 5.90. The lowest BCUT2D eigenvalue weighted by molar-refractivity contribution is -0.904. The Hall–Kier alpha value is -5.11. The van der Waals surface area contributed by atoms with Crippen LogP contribution in [0.25, 0.3) is 33.1 Å². The highest BCUT2D eigenvalue weighted by Gasteiger charge is 2.20. The maximum absolute atomic E-state index is 14.3. The Labute approximate surface area is 222 Å². The number of para-hydroxylation sites is 1. The molecule has 0 fully saturated rings. The van der Waals surface area contributed by atoms with Crippen molar-refractivity contribution in [2.24, 2.45) is 0 Å². The molecular weight excluding hydrogens is 500 g/mol. The summed E-state index contributed by atoms with van der Waals surface area (Å²) in [6.45, 7) is 1.75. The molecule has 0 aliphatic carbocycles. The predicted molar refractivity (Wildman–Crippen MR) is 142 cm³/mol. The quantitative estimate of drug-likeness (QED) is 0.190. The maximum Gasteiger partial charge on any atom is 0.235 e. The van der Waals surface area contributed by atoms with E-state index in [1.165, 1.54) is 25.4 Å². The number of fused-ring (bicyclic) bond motifs is 2. The molecule has 0 radical (unpaired) electrons. The number of aromatic nitrogens is 3. The zero-order chi connectivity index (χ0) is 26.9. The van der Waals surface area contributed by atoms with Gasteiger partial charge in [0.1, 0.15) is 23.5 Å². The Morgan fingerprint density at radius 2 is 1.64 bits per heavy atom. The van der Waals surface area contributed by atoms with Crippen LogP contribution in [0.5, 0.6) is 17.4 Å². The van der Waals surface area contributed by atoms with E-state index in [9.17, 15) is 14.0 Å². The summed E-state index contributed by atoms with van der Waals surface area (Å²) in [4.78, 5) is 9.50. The van der Waals surface area contributed by atoms with Gasteiger partial charge < -0.3 is 9.47 Å². The molecule has 1 N–H and O–H groups in total. The van der Waals surface area contributed by atoms with Gasteiger partial charge in [-0.1, -0.05) is 48.5 Å². The van der Waals surface area contributed by atoms with Crippen molar-refractivity contribution in [3.05, 3.63) is 120 Å². The van der Waals surface area contributed by atoms with Gasteiger partial charge in [0.05, 0.1) is 22.3 Å². The summed E-state index contributed by atoms with van der Waals surface area (Å²) in [5.41, 5.74) is 3.27. The Balaban J connectivity index is 1.51. The number of halogens is 2. The standard InChI is InChI=1S/C31H22F2N3O3/c1-19-28(12-11-24(32)30(19)33)39-31-22(15-21-9-5-6-10-25(21)35-31)27-16-29(38-18-20-7-3-2-4-8-20)23-17-36(37)14-13-26(23)34-27/h2-17,37H,18H2,1H3/q+1. The van der Waals surface area contributed by atoms with E-state index in [0.717, 1.165) is 21.7 Å². The van der Waals surface area contributed by atoms with Crippen molar-refractivity contribution in [1.29, 1.82) is 0 Å². The van der Waals surface area contributed by atoms with Crippen LogP contribution in [0, 0.1) is 18.6 Å². The lowest BCUT2D eigenvalue weighted by Gasteiger charge is -2.15. The first-order chi connectivity index (χ1) is 19.0. The topological polar surface area (TPSA) is 68.4 Å². The molecule has 0 saturated carbocycles. The van der Waals surface area contributed by atoms with Crippen molar-refractivity contribution >= 4 is 21.8 Å². The first-order valence-corrected chi connectivity index (χ1v) is 12.2. The monoisotopic (exact) mass is 522 g/mol. The van der Waals surface area contributed by atoms with Gasteiger partial charge in [0, 0.05) is 27.8 Å². The first kappa shape index (κ1) is 24.2. The second kappa shape index (κ2) is 9.98. The molecule has 6 aromatic rings. The molecule has 8 heteroatoms. The first-order valence-electron chi connectivity index (χ1n) is 12.2. The highest BCUT2D eigenvalue weighted by atomic mass is 19.2. The van der Waals surface area contributed by atoms with Crippen LogP contribution in [0.4, 0.5) is 8.78 Å². The van der Waals surface area contributed by atoms with Crippen LogP contribution in [0.2, 0.25) is 0 Å². The minimum absolute atomic E-state index is 0.0294. The van der Waals surface area contributed by atoms with Gasteiger partial charge in [0.25, 0.3) is 0 Å². The van der Waals surface area contributed by atoms with E-state index in [0.29, 0.717) is 40.0 Å². The third kappa shape index (κ3) is 4.80. The Morgan fingerprint density at radius 3 is 2.49 bits per heavy atom. The normalized spacial score (nSPS) is 11.2. The van der Waals surface area contributed by atoms with E-state index in [-0.39, 0.29) is 17.2 Å². The SMILES string of the molecule is Cc1c(Oc2nc3ccccc3cc2-c2cc(OCc3ccccc3)c3c[n+](O)ccc3n2)ccc(F)c1F. The molecule has 0 unspecified atom stereocenters. The van der Waals surface area contributed by atoms with Crippen molar-refractivity contribution in [3.63, 3.8) is 0 Å². The van der Waals surface area contributed by atoms with E-state index < -0.39 is 11.6 Å². The molecule has 0 amide bonds. The molecule has 6 nitrogen and oxygen atoms in total. The molecule has 0 saturated heterocycles. The molecule has 0 atom stereocenters. The van der Waals surface area contributed by atoms with Gasteiger partial charge in [-0.15, -0.1) is 0 Å². The van der Waals surface area contributed by atoms with Gasteiger partial charge >= 0.3 is 0 Å². The average molecular weight is 523 g/mol. The Bertz CT molecular complexity index is 1850. The molecule has 0 bridgehead atoms. The summed E-state index contributed by atoms with van der Waals surface area (Å²) in [5, 5.41) is 11.5. The number of benzene rings is 3. The predicted octanol–water partition coefficient (Wildman–Crippen LogP) is 6.93. The van der Waals surface area contributed by atoms with Crippen LogP contribution >= 0.6 is 0 Å². The van der Waals surface area contributed by atoms with E-state index in [1.54, 1.807) is 12.1 Å². The van der Waals surface area contributed by atoms with E-state index in [2.05, 4.69) is 0 Å². The number of rotatable bonds is 6. The fourth-order valence-electron chi connectivity index (χ4n) is 4.33. The van der Waals surface area contributed by atoms with E-state index in [1.807, 2.05) is 60.7 Å². The minimum Gasteiger partial charge on any atom is -0.488 e. The number of ether oxygens (including phenoxy) is 2. The second-order valence-electron chi connectivity index (χ2n) is 9.02. The Kier molecular flexibility index (Phi) is 6.20.